The first kappa shape index (κ1) is 21.0. The van der Waals surface area contributed by atoms with Crippen molar-refractivity contribution in [1.82, 2.24) is 15.3 Å². The van der Waals surface area contributed by atoms with Crippen LogP contribution in [0.25, 0.3) is 0 Å². The Balaban J connectivity index is 1.58. The Hall–Kier alpha value is -2.20. The molecule has 1 aliphatic heterocycles. The molecular formula is C20H22F3N3O3S. The Morgan fingerprint density at radius 1 is 1.30 bits per heavy atom. The van der Waals surface area contributed by atoms with E-state index in [4.69, 9.17) is 9.47 Å². The molecule has 1 amide bonds. The fourth-order valence-corrected chi connectivity index (χ4v) is 4.49. The lowest BCUT2D eigenvalue weighted by molar-refractivity contribution is -0.153. The molecule has 0 radical (unpaired) electrons. The van der Waals surface area contributed by atoms with E-state index in [9.17, 15) is 18.0 Å². The number of nitrogens with zero attached hydrogens (tertiary/aromatic N) is 2. The molecule has 1 N–H and O–H groups in total. The molecule has 1 aliphatic carbocycles. The highest BCUT2D eigenvalue weighted by atomic mass is 32.1. The van der Waals surface area contributed by atoms with Gasteiger partial charge in [-0.1, -0.05) is 0 Å². The van der Waals surface area contributed by atoms with Gasteiger partial charge in [0, 0.05) is 55.0 Å². The second-order valence-electron chi connectivity index (χ2n) is 7.71. The molecule has 0 aromatic carbocycles. The Bertz CT molecular complexity index is 922. The Labute approximate surface area is 175 Å². The van der Waals surface area contributed by atoms with Gasteiger partial charge in [0.05, 0.1) is 5.54 Å². The Morgan fingerprint density at radius 3 is 2.63 bits per heavy atom. The van der Waals surface area contributed by atoms with Crippen molar-refractivity contribution in [2.24, 2.45) is 0 Å². The van der Waals surface area contributed by atoms with Crippen LogP contribution in [0.1, 0.15) is 57.5 Å². The van der Waals surface area contributed by atoms with E-state index in [0.29, 0.717) is 31.6 Å². The smallest absolute Gasteiger partial charge is 0.422 e. The predicted molar refractivity (Wildman–Crippen MR) is 104 cm³/mol. The van der Waals surface area contributed by atoms with Crippen LogP contribution in [0.15, 0.2) is 18.5 Å². The third kappa shape index (κ3) is 4.75. The number of thiazole rings is 1. The zero-order chi connectivity index (χ0) is 21.4. The summed E-state index contributed by atoms with van der Waals surface area (Å²) < 4.78 is 48.5. The van der Waals surface area contributed by atoms with E-state index in [2.05, 4.69) is 15.3 Å². The molecule has 0 unspecified atom stereocenters. The number of nitrogens with one attached hydrogen (secondary N) is 1. The van der Waals surface area contributed by atoms with E-state index in [1.165, 1.54) is 23.6 Å². The zero-order valence-electron chi connectivity index (χ0n) is 16.4. The highest BCUT2D eigenvalue weighted by Crippen LogP contribution is 2.44. The van der Waals surface area contributed by atoms with Gasteiger partial charge in [-0.15, -0.1) is 11.3 Å². The summed E-state index contributed by atoms with van der Waals surface area (Å²) in [6.45, 7) is 1.50. The van der Waals surface area contributed by atoms with Gasteiger partial charge in [0.2, 0.25) is 0 Å². The van der Waals surface area contributed by atoms with E-state index >= 15 is 0 Å². The lowest BCUT2D eigenvalue weighted by Gasteiger charge is -2.36. The first-order chi connectivity index (χ1) is 14.3. The van der Waals surface area contributed by atoms with E-state index in [0.717, 1.165) is 22.7 Å². The number of hydrogen-bond acceptors (Lipinski definition) is 6. The van der Waals surface area contributed by atoms with Gasteiger partial charge < -0.3 is 14.8 Å². The van der Waals surface area contributed by atoms with Crippen LogP contribution < -0.4 is 10.1 Å². The van der Waals surface area contributed by atoms with Gasteiger partial charge in [0.15, 0.2) is 6.61 Å². The minimum absolute atomic E-state index is 0.0238. The molecular weight excluding hydrogens is 419 g/mol. The summed E-state index contributed by atoms with van der Waals surface area (Å²) in [6, 6.07) is 1.31. The van der Waals surface area contributed by atoms with Crippen molar-refractivity contribution in [3.05, 3.63) is 39.6 Å². The number of carbonyl (C=O) groups is 1. The zero-order valence-corrected chi connectivity index (χ0v) is 17.2. The molecule has 162 valence electrons. The van der Waals surface area contributed by atoms with Crippen LogP contribution in [-0.2, 0) is 10.3 Å². The van der Waals surface area contributed by atoms with E-state index in [1.807, 2.05) is 6.92 Å². The number of pyridine rings is 1. The fourth-order valence-electron chi connectivity index (χ4n) is 3.53. The van der Waals surface area contributed by atoms with Crippen molar-refractivity contribution < 1.29 is 27.4 Å². The molecule has 0 spiro atoms. The SMILES string of the molecule is Cc1cnc(C2(NC(=O)c3cc(OCC(F)(F)F)c(C4CC4)cn3)CCOCC2)s1. The van der Waals surface area contributed by atoms with Crippen LogP contribution in [0.2, 0.25) is 0 Å². The van der Waals surface area contributed by atoms with E-state index in [1.54, 1.807) is 6.20 Å². The summed E-state index contributed by atoms with van der Waals surface area (Å²) in [7, 11) is 0. The number of aromatic nitrogens is 2. The maximum absolute atomic E-state index is 13.0. The largest absolute Gasteiger partial charge is 0.484 e. The number of ether oxygens (including phenoxy) is 2. The van der Waals surface area contributed by atoms with Gasteiger partial charge in [-0.05, 0) is 25.7 Å². The highest BCUT2D eigenvalue weighted by Gasteiger charge is 2.39. The van der Waals surface area contributed by atoms with Crippen LogP contribution in [-0.4, -0.2) is 41.9 Å². The number of carbonyl (C=O) groups excluding carboxylic acids is 1. The van der Waals surface area contributed by atoms with E-state index in [-0.39, 0.29) is 17.4 Å². The molecule has 4 rings (SSSR count). The van der Waals surface area contributed by atoms with Crippen molar-refractivity contribution in [3.8, 4) is 5.75 Å². The summed E-state index contributed by atoms with van der Waals surface area (Å²) in [4.78, 5) is 22.7. The first-order valence-electron chi connectivity index (χ1n) is 9.78. The van der Waals surface area contributed by atoms with Crippen LogP contribution in [0.3, 0.4) is 0 Å². The van der Waals surface area contributed by atoms with Crippen molar-refractivity contribution >= 4 is 17.2 Å². The monoisotopic (exact) mass is 441 g/mol. The molecule has 6 nitrogen and oxygen atoms in total. The van der Waals surface area contributed by atoms with Gasteiger partial charge in [0.1, 0.15) is 16.5 Å². The number of rotatable bonds is 6. The average Bonchev–Trinajstić information content (AvgIpc) is 3.46. The summed E-state index contributed by atoms with van der Waals surface area (Å²) in [5, 5.41) is 3.82. The van der Waals surface area contributed by atoms with Gasteiger partial charge >= 0.3 is 6.18 Å². The third-order valence-corrected chi connectivity index (χ3v) is 6.38. The second-order valence-corrected chi connectivity index (χ2v) is 8.94. The normalized spacial score (nSPS) is 18.8. The third-order valence-electron chi connectivity index (χ3n) is 5.27. The maximum Gasteiger partial charge on any atom is 0.422 e. The minimum atomic E-state index is -4.46. The van der Waals surface area contributed by atoms with Gasteiger partial charge in [-0.2, -0.15) is 13.2 Å². The fraction of sp³-hybridized carbons (Fsp3) is 0.550. The molecule has 2 aliphatic rings. The van der Waals surface area contributed by atoms with Crippen LogP contribution in [0, 0.1) is 6.92 Å². The molecule has 1 saturated carbocycles. The minimum Gasteiger partial charge on any atom is -0.484 e. The van der Waals surface area contributed by atoms with Crippen LogP contribution in [0.5, 0.6) is 5.75 Å². The Kier molecular flexibility index (Phi) is 5.71. The maximum atomic E-state index is 13.0. The number of halogens is 3. The van der Waals surface area contributed by atoms with Gasteiger partial charge in [0.25, 0.3) is 5.91 Å². The summed E-state index contributed by atoms with van der Waals surface area (Å²) >= 11 is 1.51. The molecule has 0 atom stereocenters. The standard InChI is InChI=1S/C20H22F3N3O3S/c1-12-9-25-18(30-12)19(4-6-28-7-5-19)26-17(27)15-8-16(29-11-20(21,22)23)14(10-24-15)13-2-3-13/h8-10,13H,2-7,11H2,1H3,(H,26,27). The summed E-state index contributed by atoms with van der Waals surface area (Å²) in [5.74, 6) is -0.261. The quantitative estimate of drug-likeness (QED) is 0.731. The molecule has 3 heterocycles. The van der Waals surface area contributed by atoms with E-state index < -0.39 is 24.2 Å². The molecule has 2 aromatic heterocycles. The van der Waals surface area contributed by atoms with Crippen molar-refractivity contribution in [3.63, 3.8) is 0 Å². The van der Waals surface area contributed by atoms with Gasteiger partial charge in [-0.3, -0.25) is 9.78 Å². The number of aryl methyl sites for hydroxylation is 1. The second kappa shape index (κ2) is 8.14. The van der Waals surface area contributed by atoms with Gasteiger partial charge in [-0.25, -0.2) is 4.98 Å². The molecule has 10 heteroatoms. The average molecular weight is 441 g/mol. The lowest BCUT2D eigenvalue weighted by Crippen LogP contribution is -2.49. The number of hydrogen-bond donors (Lipinski definition) is 1. The predicted octanol–water partition coefficient (Wildman–Crippen LogP) is 4.10. The summed E-state index contributed by atoms with van der Waals surface area (Å²) in [6.07, 6.45) is 1.63. The van der Waals surface area contributed by atoms with Crippen molar-refractivity contribution in [2.75, 3.05) is 19.8 Å². The molecule has 30 heavy (non-hydrogen) atoms. The topological polar surface area (TPSA) is 73.3 Å². The van der Waals surface area contributed by atoms with Crippen LogP contribution in [0.4, 0.5) is 13.2 Å². The Morgan fingerprint density at radius 2 is 2.03 bits per heavy atom. The number of amides is 1. The molecule has 2 aromatic rings. The lowest BCUT2D eigenvalue weighted by atomic mass is 9.90. The van der Waals surface area contributed by atoms with Crippen molar-refractivity contribution in [2.45, 2.75) is 50.2 Å². The summed E-state index contributed by atoms with van der Waals surface area (Å²) in [5.41, 5.74) is -0.0409. The molecule has 1 saturated heterocycles. The van der Waals surface area contributed by atoms with Crippen LogP contribution >= 0.6 is 11.3 Å². The first-order valence-corrected chi connectivity index (χ1v) is 10.6. The molecule has 0 bridgehead atoms. The van der Waals surface area contributed by atoms with Crippen molar-refractivity contribution in [1.29, 1.82) is 0 Å². The highest BCUT2D eigenvalue weighted by molar-refractivity contribution is 7.11. The number of alkyl halides is 3. The molecule has 2 fully saturated rings.